The zero-order valence-electron chi connectivity index (χ0n) is 20.7. The summed E-state index contributed by atoms with van der Waals surface area (Å²) in [5.74, 6) is -0.298. The van der Waals surface area contributed by atoms with Crippen LogP contribution in [-0.4, -0.2) is 79.6 Å². The van der Waals surface area contributed by atoms with Gasteiger partial charge in [-0.3, -0.25) is 19.4 Å². The predicted molar refractivity (Wildman–Crippen MR) is 135 cm³/mol. The van der Waals surface area contributed by atoms with Crippen LogP contribution >= 0.6 is 0 Å². The van der Waals surface area contributed by atoms with E-state index >= 15 is 0 Å². The van der Waals surface area contributed by atoms with Crippen molar-refractivity contribution in [3.8, 4) is 0 Å². The molecule has 0 spiro atoms. The van der Waals surface area contributed by atoms with E-state index in [9.17, 15) is 18.0 Å². The lowest BCUT2D eigenvalue weighted by Crippen LogP contribution is -2.55. The smallest absolute Gasteiger partial charge is 0.246 e. The summed E-state index contributed by atoms with van der Waals surface area (Å²) >= 11 is 0. The fourth-order valence-corrected chi connectivity index (χ4v) is 6.58. The lowest BCUT2D eigenvalue weighted by Gasteiger charge is -2.37. The number of hydrogen-bond donors (Lipinski definition) is 0. The highest BCUT2D eigenvalue weighted by atomic mass is 32.2. The Morgan fingerprint density at radius 3 is 2.23 bits per heavy atom. The van der Waals surface area contributed by atoms with Crippen molar-refractivity contribution in [1.82, 2.24) is 14.1 Å². The maximum Gasteiger partial charge on any atom is 0.246 e. The number of nitrogens with zero attached hydrogens (tertiary/aromatic N) is 4. The van der Waals surface area contributed by atoms with Gasteiger partial charge in [-0.2, -0.15) is 4.31 Å². The first-order valence-corrected chi connectivity index (χ1v) is 13.7. The Bertz CT molecular complexity index is 1170. The SMILES string of the molecule is CCN(CC)S(=O)(=O)c1ccc2c(c1)C[C@H](C(=O)N1CCN(Cc3ccccc3)CC1)N2C(C)=O. The summed E-state index contributed by atoms with van der Waals surface area (Å²) in [6.45, 7) is 9.42. The highest BCUT2D eigenvalue weighted by Gasteiger charge is 2.40. The molecule has 2 aliphatic heterocycles. The monoisotopic (exact) mass is 498 g/mol. The van der Waals surface area contributed by atoms with E-state index in [1.165, 1.54) is 27.8 Å². The second-order valence-corrected chi connectivity index (χ2v) is 11.0. The van der Waals surface area contributed by atoms with Crippen molar-refractivity contribution < 1.29 is 18.0 Å². The highest BCUT2D eigenvalue weighted by Crippen LogP contribution is 2.35. The third kappa shape index (κ3) is 5.12. The van der Waals surface area contributed by atoms with Gasteiger partial charge in [0, 0.05) is 64.8 Å². The molecule has 1 fully saturated rings. The third-order valence-electron chi connectivity index (χ3n) is 6.94. The summed E-state index contributed by atoms with van der Waals surface area (Å²) in [6, 6.07) is 14.5. The number of rotatable bonds is 7. The first-order valence-electron chi connectivity index (χ1n) is 12.2. The van der Waals surface area contributed by atoms with Crippen LogP contribution in [0.3, 0.4) is 0 Å². The lowest BCUT2D eigenvalue weighted by atomic mass is 10.1. The van der Waals surface area contributed by atoms with Crippen molar-refractivity contribution in [2.75, 3.05) is 44.2 Å². The molecule has 1 atom stereocenters. The number of carbonyl (C=O) groups excluding carboxylic acids is 2. The van der Waals surface area contributed by atoms with Crippen LogP contribution in [0.1, 0.15) is 31.9 Å². The molecule has 0 aliphatic carbocycles. The summed E-state index contributed by atoms with van der Waals surface area (Å²) in [5, 5.41) is 0. The molecule has 2 aliphatic rings. The molecule has 2 aromatic carbocycles. The molecule has 4 rings (SSSR count). The number of fused-ring (bicyclic) bond motifs is 1. The molecule has 0 bridgehead atoms. The maximum atomic E-state index is 13.5. The minimum Gasteiger partial charge on any atom is -0.338 e. The number of benzene rings is 2. The van der Waals surface area contributed by atoms with Crippen LogP contribution in [0.5, 0.6) is 0 Å². The molecule has 1 saturated heterocycles. The van der Waals surface area contributed by atoms with Crippen molar-refractivity contribution in [2.24, 2.45) is 0 Å². The second-order valence-electron chi connectivity index (χ2n) is 9.08. The van der Waals surface area contributed by atoms with Gasteiger partial charge in [-0.15, -0.1) is 0 Å². The summed E-state index contributed by atoms with van der Waals surface area (Å²) in [6.07, 6.45) is 0.319. The van der Waals surface area contributed by atoms with Crippen LogP contribution in [0.2, 0.25) is 0 Å². The normalized spacial score (nSPS) is 18.7. The maximum absolute atomic E-state index is 13.5. The Morgan fingerprint density at radius 2 is 1.63 bits per heavy atom. The number of piperazine rings is 1. The highest BCUT2D eigenvalue weighted by molar-refractivity contribution is 7.89. The van der Waals surface area contributed by atoms with Crippen molar-refractivity contribution in [1.29, 1.82) is 0 Å². The van der Waals surface area contributed by atoms with Crippen molar-refractivity contribution in [3.05, 3.63) is 59.7 Å². The molecule has 0 saturated carbocycles. The molecule has 2 aromatic rings. The molecule has 2 amide bonds. The largest absolute Gasteiger partial charge is 0.338 e. The molecule has 0 radical (unpaired) electrons. The Morgan fingerprint density at radius 1 is 0.971 bits per heavy atom. The first kappa shape index (κ1) is 25.3. The number of carbonyl (C=O) groups is 2. The van der Waals surface area contributed by atoms with Crippen LogP contribution < -0.4 is 4.90 Å². The van der Waals surface area contributed by atoms with Gasteiger partial charge >= 0.3 is 0 Å². The average molecular weight is 499 g/mol. The lowest BCUT2D eigenvalue weighted by molar-refractivity contribution is -0.135. The topological polar surface area (TPSA) is 81.2 Å². The molecule has 0 unspecified atom stereocenters. The Labute approximate surface area is 208 Å². The Kier molecular flexibility index (Phi) is 7.59. The first-order chi connectivity index (χ1) is 16.8. The van der Waals surface area contributed by atoms with Gasteiger partial charge in [-0.1, -0.05) is 44.2 Å². The van der Waals surface area contributed by atoms with E-state index in [0.717, 1.165) is 25.2 Å². The molecular formula is C26H34N4O4S. The van der Waals surface area contributed by atoms with Gasteiger partial charge < -0.3 is 4.90 Å². The average Bonchev–Trinajstić information content (AvgIpc) is 3.24. The third-order valence-corrected chi connectivity index (χ3v) is 8.98. The molecule has 8 nitrogen and oxygen atoms in total. The number of anilines is 1. The molecule has 0 N–H and O–H groups in total. The van der Waals surface area contributed by atoms with E-state index < -0.39 is 16.1 Å². The van der Waals surface area contributed by atoms with E-state index in [2.05, 4.69) is 17.0 Å². The number of hydrogen-bond acceptors (Lipinski definition) is 5. The van der Waals surface area contributed by atoms with E-state index in [-0.39, 0.29) is 16.7 Å². The van der Waals surface area contributed by atoms with Gasteiger partial charge in [0.15, 0.2) is 0 Å². The number of amides is 2. The zero-order chi connectivity index (χ0) is 25.2. The summed E-state index contributed by atoms with van der Waals surface area (Å²) in [5.41, 5.74) is 2.59. The van der Waals surface area contributed by atoms with Crippen LogP contribution in [0, 0.1) is 0 Å². The van der Waals surface area contributed by atoms with Gasteiger partial charge in [0.25, 0.3) is 0 Å². The standard InChI is InChI=1S/C26H34N4O4S/c1-4-29(5-2)35(33,34)23-11-12-24-22(17-23)18-25(30(24)20(3)31)26(32)28-15-13-27(14-16-28)19-21-9-7-6-8-10-21/h6-12,17,25H,4-5,13-16,18-19H2,1-3H3/t25-/m1/s1. The van der Waals surface area contributed by atoms with Crippen LogP contribution in [0.25, 0.3) is 0 Å². The predicted octanol–water partition coefficient (Wildman–Crippen LogP) is 2.34. The fourth-order valence-electron chi connectivity index (χ4n) is 5.07. The molecule has 2 heterocycles. The van der Waals surface area contributed by atoms with Crippen LogP contribution in [0.4, 0.5) is 5.69 Å². The molecule has 9 heteroatoms. The Hall–Kier alpha value is -2.75. The fraction of sp³-hybridized carbons (Fsp3) is 0.462. The number of sulfonamides is 1. The van der Waals surface area contributed by atoms with Gasteiger partial charge in [0.2, 0.25) is 21.8 Å². The Balaban J connectivity index is 1.48. The summed E-state index contributed by atoms with van der Waals surface area (Å²) in [4.78, 5) is 32.0. The molecule has 0 aromatic heterocycles. The zero-order valence-corrected chi connectivity index (χ0v) is 21.5. The van der Waals surface area contributed by atoms with Gasteiger partial charge in [0.1, 0.15) is 6.04 Å². The van der Waals surface area contributed by atoms with E-state index in [4.69, 9.17) is 0 Å². The van der Waals surface area contributed by atoms with Crippen LogP contribution in [0.15, 0.2) is 53.4 Å². The summed E-state index contributed by atoms with van der Waals surface area (Å²) in [7, 11) is -3.62. The quantitative estimate of drug-likeness (QED) is 0.585. The van der Waals surface area contributed by atoms with Crippen molar-refractivity contribution in [2.45, 2.75) is 44.7 Å². The minimum atomic E-state index is -3.62. The van der Waals surface area contributed by atoms with Crippen molar-refractivity contribution >= 4 is 27.5 Å². The van der Waals surface area contributed by atoms with Crippen LogP contribution in [-0.2, 0) is 32.6 Å². The van der Waals surface area contributed by atoms with E-state index in [0.29, 0.717) is 38.3 Å². The minimum absolute atomic E-state index is 0.0797. The molecule has 188 valence electrons. The van der Waals surface area contributed by atoms with Gasteiger partial charge in [-0.25, -0.2) is 8.42 Å². The summed E-state index contributed by atoms with van der Waals surface area (Å²) < 4.78 is 27.4. The molecule has 35 heavy (non-hydrogen) atoms. The van der Waals surface area contributed by atoms with E-state index in [1.807, 2.05) is 23.1 Å². The van der Waals surface area contributed by atoms with E-state index in [1.54, 1.807) is 26.0 Å². The molecular weight excluding hydrogens is 464 g/mol. The van der Waals surface area contributed by atoms with Gasteiger partial charge in [0.05, 0.1) is 4.90 Å². The van der Waals surface area contributed by atoms with Crippen molar-refractivity contribution in [3.63, 3.8) is 0 Å². The van der Waals surface area contributed by atoms with Gasteiger partial charge in [-0.05, 0) is 29.3 Å². The second kappa shape index (κ2) is 10.5.